The van der Waals surface area contributed by atoms with Crippen molar-refractivity contribution >= 4 is 5.97 Å². The lowest BCUT2D eigenvalue weighted by atomic mass is 9.89. The topological polar surface area (TPSA) is 52.6 Å². The largest absolute Gasteiger partial charge is 0.480 e. The molecular weight excluding hydrogens is 264 g/mol. The molecule has 0 aromatic rings. The van der Waals surface area contributed by atoms with Crippen molar-refractivity contribution in [2.45, 2.75) is 90.3 Å². The zero-order valence-electron chi connectivity index (χ0n) is 14.3. The van der Waals surface area contributed by atoms with E-state index in [1.54, 1.807) is 0 Å². The third kappa shape index (κ3) is 5.26. The van der Waals surface area contributed by atoms with E-state index in [9.17, 15) is 9.90 Å². The average Bonchev–Trinajstić information content (AvgIpc) is 2.45. The van der Waals surface area contributed by atoms with Crippen molar-refractivity contribution in [1.82, 2.24) is 10.2 Å². The molecule has 0 aromatic carbocycles. The zero-order valence-corrected chi connectivity index (χ0v) is 14.3. The van der Waals surface area contributed by atoms with Gasteiger partial charge in [0.25, 0.3) is 0 Å². The number of likely N-dealkylation sites (tertiary alicyclic amines) is 1. The van der Waals surface area contributed by atoms with Crippen molar-refractivity contribution in [2.24, 2.45) is 0 Å². The summed E-state index contributed by atoms with van der Waals surface area (Å²) in [5.41, 5.74) is -0.816. The first kappa shape index (κ1) is 18.4. The zero-order chi connectivity index (χ0) is 15.9. The van der Waals surface area contributed by atoms with Crippen molar-refractivity contribution in [3.63, 3.8) is 0 Å². The maximum atomic E-state index is 11.7. The molecule has 3 atom stereocenters. The molecule has 1 rings (SSSR count). The molecular formula is C17H34N2O2. The van der Waals surface area contributed by atoms with Crippen LogP contribution in [0.2, 0.25) is 0 Å². The van der Waals surface area contributed by atoms with Gasteiger partial charge in [-0.3, -0.25) is 9.69 Å². The van der Waals surface area contributed by atoms with E-state index in [2.05, 4.69) is 31.0 Å². The highest BCUT2D eigenvalue weighted by molar-refractivity contribution is 5.78. The Bertz CT molecular complexity index is 320. The fourth-order valence-electron chi connectivity index (χ4n) is 3.59. The van der Waals surface area contributed by atoms with Gasteiger partial charge in [-0.2, -0.15) is 0 Å². The summed E-state index contributed by atoms with van der Waals surface area (Å²) in [5, 5.41) is 12.8. The molecule has 4 heteroatoms. The summed E-state index contributed by atoms with van der Waals surface area (Å²) in [5.74, 6) is -0.730. The molecule has 1 saturated heterocycles. The van der Waals surface area contributed by atoms with E-state index in [0.717, 1.165) is 19.5 Å². The highest BCUT2D eigenvalue weighted by Gasteiger charge is 2.37. The standard InChI is InChI=1S/C17H34N2O2/c1-5-9-15-10-7-8-12-19(15)14(3)13-17(4,16(20)21)18-11-6-2/h14-15,18H,5-13H2,1-4H3,(H,20,21). The van der Waals surface area contributed by atoms with Crippen LogP contribution in [0.15, 0.2) is 0 Å². The van der Waals surface area contributed by atoms with Crippen LogP contribution >= 0.6 is 0 Å². The molecule has 1 fully saturated rings. The summed E-state index contributed by atoms with van der Waals surface area (Å²) in [7, 11) is 0. The minimum atomic E-state index is -0.816. The fourth-order valence-corrected chi connectivity index (χ4v) is 3.59. The number of rotatable bonds is 9. The van der Waals surface area contributed by atoms with Crippen LogP contribution < -0.4 is 5.32 Å². The first-order valence-electron chi connectivity index (χ1n) is 8.68. The van der Waals surface area contributed by atoms with Crippen LogP contribution in [0.1, 0.15) is 72.6 Å². The normalized spacial score (nSPS) is 24.5. The van der Waals surface area contributed by atoms with Crippen molar-refractivity contribution < 1.29 is 9.90 Å². The van der Waals surface area contributed by atoms with Gasteiger partial charge in [-0.05, 0) is 59.0 Å². The van der Waals surface area contributed by atoms with Gasteiger partial charge >= 0.3 is 5.97 Å². The Labute approximate surface area is 130 Å². The molecule has 0 amide bonds. The second kappa shape index (κ2) is 8.74. The lowest BCUT2D eigenvalue weighted by Crippen LogP contribution is -2.55. The molecule has 3 unspecified atom stereocenters. The minimum Gasteiger partial charge on any atom is -0.480 e. The number of aliphatic carboxylic acids is 1. The number of carbonyl (C=O) groups is 1. The first-order valence-corrected chi connectivity index (χ1v) is 8.68. The number of hydrogen-bond acceptors (Lipinski definition) is 3. The summed E-state index contributed by atoms with van der Waals surface area (Å²) in [6.07, 6.45) is 7.90. The SMILES string of the molecule is CCCNC(C)(CC(C)N1CCCCC1CCC)C(=O)O. The maximum Gasteiger partial charge on any atom is 0.323 e. The van der Waals surface area contributed by atoms with E-state index >= 15 is 0 Å². The third-order valence-electron chi connectivity index (χ3n) is 4.80. The van der Waals surface area contributed by atoms with Gasteiger partial charge in [-0.25, -0.2) is 0 Å². The number of carboxylic acids is 1. The lowest BCUT2D eigenvalue weighted by Gasteiger charge is -2.42. The summed E-state index contributed by atoms with van der Waals surface area (Å²) in [6.45, 7) is 10.2. The maximum absolute atomic E-state index is 11.7. The van der Waals surface area contributed by atoms with E-state index in [0.29, 0.717) is 18.5 Å². The van der Waals surface area contributed by atoms with E-state index in [-0.39, 0.29) is 0 Å². The number of nitrogens with one attached hydrogen (secondary N) is 1. The van der Waals surface area contributed by atoms with Gasteiger partial charge in [0.15, 0.2) is 0 Å². The van der Waals surface area contributed by atoms with Crippen molar-refractivity contribution in [3.8, 4) is 0 Å². The van der Waals surface area contributed by atoms with E-state index in [4.69, 9.17) is 0 Å². The van der Waals surface area contributed by atoms with Gasteiger partial charge in [0.2, 0.25) is 0 Å². The predicted molar refractivity (Wildman–Crippen MR) is 87.7 cm³/mol. The van der Waals surface area contributed by atoms with Crippen LogP contribution in [0.25, 0.3) is 0 Å². The monoisotopic (exact) mass is 298 g/mol. The van der Waals surface area contributed by atoms with Crippen LogP contribution in [-0.2, 0) is 4.79 Å². The predicted octanol–water partition coefficient (Wildman–Crippen LogP) is 3.26. The van der Waals surface area contributed by atoms with Crippen LogP contribution in [0, 0.1) is 0 Å². The molecule has 0 aliphatic carbocycles. The van der Waals surface area contributed by atoms with Gasteiger partial charge < -0.3 is 10.4 Å². The number of hydrogen-bond donors (Lipinski definition) is 2. The van der Waals surface area contributed by atoms with Gasteiger partial charge in [0.1, 0.15) is 5.54 Å². The lowest BCUT2D eigenvalue weighted by molar-refractivity contribution is -0.145. The number of carboxylic acid groups (broad SMARTS) is 1. The van der Waals surface area contributed by atoms with Gasteiger partial charge in [0, 0.05) is 12.1 Å². The average molecular weight is 298 g/mol. The van der Waals surface area contributed by atoms with Gasteiger partial charge in [0.05, 0.1) is 0 Å². The molecule has 0 bridgehead atoms. The summed E-state index contributed by atoms with van der Waals surface area (Å²) in [4.78, 5) is 14.2. The quantitative estimate of drug-likeness (QED) is 0.686. The van der Waals surface area contributed by atoms with Gasteiger partial charge in [-0.15, -0.1) is 0 Å². The Balaban J connectivity index is 2.70. The molecule has 2 N–H and O–H groups in total. The van der Waals surface area contributed by atoms with E-state index in [1.807, 2.05) is 6.92 Å². The second-order valence-corrected chi connectivity index (χ2v) is 6.79. The molecule has 1 aliphatic rings. The Morgan fingerprint density at radius 1 is 1.38 bits per heavy atom. The third-order valence-corrected chi connectivity index (χ3v) is 4.80. The molecule has 0 spiro atoms. The summed E-state index contributed by atoms with van der Waals surface area (Å²) < 4.78 is 0. The Morgan fingerprint density at radius 2 is 2.10 bits per heavy atom. The van der Waals surface area contributed by atoms with Crippen LogP contribution in [0.5, 0.6) is 0 Å². The molecule has 124 valence electrons. The second-order valence-electron chi connectivity index (χ2n) is 6.79. The highest BCUT2D eigenvalue weighted by atomic mass is 16.4. The molecule has 1 aliphatic heterocycles. The fraction of sp³-hybridized carbons (Fsp3) is 0.941. The Morgan fingerprint density at radius 3 is 2.67 bits per heavy atom. The Hall–Kier alpha value is -0.610. The summed E-state index contributed by atoms with van der Waals surface area (Å²) in [6, 6.07) is 0.954. The molecule has 0 radical (unpaired) electrons. The highest BCUT2D eigenvalue weighted by Crippen LogP contribution is 2.26. The van der Waals surface area contributed by atoms with Crippen LogP contribution in [-0.4, -0.2) is 46.7 Å². The Kier molecular flexibility index (Phi) is 7.67. The van der Waals surface area contributed by atoms with Crippen molar-refractivity contribution in [3.05, 3.63) is 0 Å². The van der Waals surface area contributed by atoms with Crippen LogP contribution in [0.3, 0.4) is 0 Å². The first-order chi connectivity index (χ1) is 9.94. The van der Waals surface area contributed by atoms with Crippen molar-refractivity contribution in [1.29, 1.82) is 0 Å². The smallest absolute Gasteiger partial charge is 0.323 e. The molecule has 21 heavy (non-hydrogen) atoms. The summed E-state index contributed by atoms with van der Waals surface area (Å²) >= 11 is 0. The van der Waals surface area contributed by atoms with E-state index < -0.39 is 11.5 Å². The molecule has 0 saturated carbocycles. The van der Waals surface area contributed by atoms with Crippen LogP contribution in [0.4, 0.5) is 0 Å². The molecule has 0 aromatic heterocycles. The van der Waals surface area contributed by atoms with Gasteiger partial charge in [-0.1, -0.05) is 26.7 Å². The van der Waals surface area contributed by atoms with Crippen molar-refractivity contribution in [2.75, 3.05) is 13.1 Å². The minimum absolute atomic E-state index is 0.312. The molecule has 4 nitrogen and oxygen atoms in total. The number of piperidine rings is 1. The van der Waals surface area contributed by atoms with E-state index in [1.165, 1.54) is 32.1 Å². The molecule has 1 heterocycles. The number of nitrogens with zero attached hydrogens (tertiary/aromatic N) is 1.